The summed E-state index contributed by atoms with van der Waals surface area (Å²) >= 11 is 11.8. The van der Waals surface area contributed by atoms with Crippen LogP contribution in [0.2, 0.25) is 10.0 Å². The molecule has 1 atom stereocenters. The number of primary amides is 1. The van der Waals surface area contributed by atoms with Gasteiger partial charge in [0.15, 0.2) is 0 Å². The molecule has 29 heavy (non-hydrogen) atoms. The summed E-state index contributed by atoms with van der Waals surface area (Å²) in [7, 11) is -4.08. The molecule has 0 bridgehead atoms. The number of hydrogen-bond donors (Lipinski definition) is 1. The van der Waals surface area contributed by atoms with Crippen LogP contribution in [-0.4, -0.2) is 18.6 Å². The van der Waals surface area contributed by atoms with E-state index < -0.39 is 22.0 Å². The van der Waals surface area contributed by atoms with Gasteiger partial charge < -0.3 is 5.73 Å². The maximum atomic E-state index is 13.5. The van der Waals surface area contributed by atoms with Gasteiger partial charge in [0, 0.05) is 16.6 Å². The van der Waals surface area contributed by atoms with Crippen LogP contribution in [-0.2, 0) is 21.4 Å². The monoisotopic (exact) mass is 448 g/mol. The lowest BCUT2D eigenvalue weighted by Crippen LogP contribution is -2.41. The van der Waals surface area contributed by atoms with Crippen molar-refractivity contribution in [2.24, 2.45) is 5.73 Å². The van der Waals surface area contributed by atoms with Crippen LogP contribution >= 0.6 is 23.2 Å². The SMILES string of the molecule is NC(=O)C(c1ccccc1)N(Cc1ccc(Cl)cc1)S(=O)(=O)c1ccc(Cl)cc1. The fourth-order valence-corrected chi connectivity index (χ4v) is 4.76. The van der Waals surface area contributed by atoms with Crippen molar-refractivity contribution >= 4 is 39.1 Å². The molecule has 8 heteroatoms. The lowest BCUT2D eigenvalue weighted by atomic mass is 10.1. The van der Waals surface area contributed by atoms with Crippen LogP contribution in [0.25, 0.3) is 0 Å². The van der Waals surface area contributed by atoms with Crippen LogP contribution < -0.4 is 5.73 Å². The minimum absolute atomic E-state index is 0.0121. The predicted molar refractivity (Wildman–Crippen MR) is 114 cm³/mol. The highest BCUT2D eigenvalue weighted by Crippen LogP contribution is 2.30. The Morgan fingerprint density at radius 3 is 1.90 bits per heavy atom. The number of nitrogens with zero attached hydrogens (tertiary/aromatic N) is 1. The fourth-order valence-electron chi connectivity index (χ4n) is 2.93. The quantitative estimate of drug-likeness (QED) is 0.580. The zero-order valence-electron chi connectivity index (χ0n) is 15.2. The Morgan fingerprint density at radius 2 is 1.38 bits per heavy atom. The molecule has 150 valence electrons. The normalized spacial score (nSPS) is 12.7. The Morgan fingerprint density at radius 1 is 0.862 bits per heavy atom. The smallest absolute Gasteiger partial charge is 0.244 e. The first kappa shape index (κ1) is 21.3. The molecule has 2 N–H and O–H groups in total. The fraction of sp³-hybridized carbons (Fsp3) is 0.0952. The van der Waals surface area contributed by atoms with Gasteiger partial charge in [-0.2, -0.15) is 4.31 Å². The summed E-state index contributed by atoms with van der Waals surface area (Å²) in [6.45, 7) is -0.0649. The molecule has 1 amide bonds. The summed E-state index contributed by atoms with van der Waals surface area (Å²) in [6.07, 6.45) is 0. The molecule has 0 aliphatic rings. The Kier molecular flexibility index (Phi) is 6.59. The van der Waals surface area contributed by atoms with E-state index in [0.29, 0.717) is 21.2 Å². The molecule has 0 saturated heterocycles. The third-order valence-electron chi connectivity index (χ3n) is 4.34. The summed E-state index contributed by atoms with van der Waals surface area (Å²) in [5, 5.41) is 0.929. The van der Waals surface area contributed by atoms with Gasteiger partial charge in [0.25, 0.3) is 0 Å². The Hall–Kier alpha value is -2.38. The van der Waals surface area contributed by atoms with Crippen molar-refractivity contribution in [3.8, 4) is 0 Å². The Balaban J connectivity index is 2.13. The van der Waals surface area contributed by atoms with Gasteiger partial charge in [0.1, 0.15) is 6.04 Å². The molecule has 5 nitrogen and oxygen atoms in total. The summed E-state index contributed by atoms with van der Waals surface area (Å²) in [4.78, 5) is 12.4. The second-order valence-electron chi connectivity index (χ2n) is 6.35. The number of carbonyl (C=O) groups excluding carboxylic acids is 1. The van der Waals surface area contributed by atoms with Gasteiger partial charge in [0.2, 0.25) is 15.9 Å². The molecule has 0 aliphatic carbocycles. The van der Waals surface area contributed by atoms with E-state index in [9.17, 15) is 13.2 Å². The van der Waals surface area contributed by atoms with Gasteiger partial charge >= 0.3 is 0 Å². The van der Waals surface area contributed by atoms with Crippen LogP contribution in [0.4, 0.5) is 0 Å². The summed E-state index contributed by atoms with van der Waals surface area (Å²) in [6, 6.07) is 19.9. The van der Waals surface area contributed by atoms with Crippen molar-refractivity contribution in [1.29, 1.82) is 0 Å². The van der Waals surface area contributed by atoms with E-state index in [4.69, 9.17) is 28.9 Å². The number of amides is 1. The molecule has 0 fully saturated rings. The average molecular weight is 449 g/mol. The second kappa shape index (κ2) is 8.97. The van der Waals surface area contributed by atoms with E-state index in [2.05, 4.69) is 0 Å². The van der Waals surface area contributed by atoms with Crippen LogP contribution in [0.5, 0.6) is 0 Å². The van der Waals surface area contributed by atoms with Crippen LogP contribution in [0.1, 0.15) is 17.2 Å². The minimum atomic E-state index is -4.08. The van der Waals surface area contributed by atoms with Gasteiger partial charge in [-0.15, -0.1) is 0 Å². The summed E-state index contributed by atoms with van der Waals surface area (Å²) < 4.78 is 28.1. The highest BCUT2D eigenvalue weighted by molar-refractivity contribution is 7.89. The molecule has 0 aromatic heterocycles. The Labute approximate surface area is 179 Å². The standard InChI is InChI=1S/C21H18Cl2N2O3S/c22-17-8-6-15(7-9-17)14-25(20(21(24)26)16-4-2-1-3-5-16)29(27,28)19-12-10-18(23)11-13-19/h1-13,20H,14H2,(H2,24,26). The molecule has 0 spiro atoms. The van der Waals surface area contributed by atoms with Gasteiger partial charge in [-0.1, -0.05) is 65.7 Å². The first-order valence-electron chi connectivity index (χ1n) is 8.65. The molecule has 0 radical (unpaired) electrons. The van der Waals surface area contributed by atoms with Gasteiger partial charge in [0.05, 0.1) is 4.90 Å². The molecule has 0 saturated carbocycles. The Bertz CT molecular complexity index is 1090. The number of hydrogen-bond acceptors (Lipinski definition) is 3. The molecule has 3 rings (SSSR count). The number of rotatable bonds is 7. The molecule has 0 heterocycles. The van der Waals surface area contributed by atoms with E-state index >= 15 is 0 Å². The lowest BCUT2D eigenvalue weighted by Gasteiger charge is -2.29. The zero-order valence-corrected chi connectivity index (χ0v) is 17.5. The highest BCUT2D eigenvalue weighted by atomic mass is 35.5. The molecule has 3 aromatic rings. The van der Waals surface area contributed by atoms with Crippen molar-refractivity contribution in [3.63, 3.8) is 0 Å². The predicted octanol–water partition coefficient (Wildman–Crippen LogP) is 4.41. The first-order chi connectivity index (χ1) is 13.8. The van der Waals surface area contributed by atoms with Crippen molar-refractivity contribution in [3.05, 3.63) is 100 Å². The topological polar surface area (TPSA) is 80.5 Å². The molecular formula is C21H18Cl2N2O3S. The van der Waals surface area contributed by atoms with E-state index in [0.717, 1.165) is 4.31 Å². The second-order valence-corrected chi connectivity index (χ2v) is 9.11. The zero-order chi connectivity index (χ0) is 21.0. The maximum absolute atomic E-state index is 13.5. The number of nitrogens with two attached hydrogens (primary N) is 1. The summed E-state index contributed by atoms with van der Waals surface area (Å²) in [5.41, 5.74) is 6.80. The highest BCUT2D eigenvalue weighted by Gasteiger charge is 2.36. The molecule has 1 unspecified atom stereocenters. The van der Waals surface area contributed by atoms with Gasteiger partial charge in [-0.25, -0.2) is 8.42 Å². The van der Waals surface area contributed by atoms with Gasteiger partial charge in [-0.05, 0) is 47.5 Å². The van der Waals surface area contributed by atoms with E-state index in [-0.39, 0.29) is 11.4 Å². The van der Waals surface area contributed by atoms with E-state index in [1.54, 1.807) is 54.6 Å². The average Bonchev–Trinajstić information content (AvgIpc) is 2.70. The molecular weight excluding hydrogens is 431 g/mol. The van der Waals surface area contributed by atoms with Crippen molar-refractivity contribution < 1.29 is 13.2 Å². The summed E-state index contributed by atoms with van der Waals surface area (Å²) in [5.74, 6) is -0.775. The van der Waals surface area contributed by atoms with Crippen molar-refractivity contribution in [2.75, 3.05) is 0 Å². The van der Waals surface area contributed by atoms with Crippen molar-refractivity contribution in [2.45, 2.75) is 17.5 Å². The minimum Gasteiger partial charge on any atom is -0.368 e. The number of halogens is 2. The van der Waals surface area contributed by atoms with E-state index in [1.807, 2.05) is 0 Å². The van der Waals surface area contributed by atoms with Gasteiger partial charge in [-0.3, -0.25) is 4.79 Å². The molecule has 3 aromatic carbocycles. The largest absolute Gasteiger partial charge is 0.368 e. The van der Waals surface area contributed by atoms with Crippen molar-refractivity contribution in [1.82, 2.24) is 4.31 Å². The third kappa shape index (κ3) is 4.97. The number of sulfonamides is 1. The third-order valence-corrected chi connectivity index (χ3v) is 6.67. The van der Waals surface area contributed by atoms with Crippen LogP contribution in [0, 0.1) is 0 Å². The maximum Gasteiger partial charge on any atom is 0.244 e. The van der Waals surface area contributed by atoms with E-state index in [1.165, 1.54) is 24.3 Å². The van der Waals surface area contributed by atoms with Crippen LogP contribution in [0.15, 0.2) is 83.8 Å². The molecule has 0 aliphatic heterocycles. The lowest BCUT2D eigenvalue weighted by molar-refractivity contribution is -0.122. The van der Waals surface area contributed by atoms with Crippen LogP contribution in [0.3, 0.4) is 0 Å². The first-order valence-corrected chi connectivity index (χ1v) is 10.8. The number of benzene rings is 3. The number of carbonyl (C=O) groups is 1.